The van der Waals surface area contributed by atoms with Gasteiger partial charge in [-0.05, 0) is 37.1 Å². The van der Waals surface area contributed by atoms with Crippen molar-refractivity contribution in [1.82, 2.24) is 19.9 Å². The molecule has 1 saturated carbocycles. The Labute approximate surface area is 148 Å². The maximum absolute atomic E-state index is 11.3. The largest absolute Gasteiger partial charge is 0.369 e. The second kappa shape index (κ2) is 5.85. The monoisotopic (exact) mass is 378 g/mol. The minimum Gasteiger partial charge on any atom is -0.369 e. The SMILES string of the molecule is Nc1nc2nc(Nc3ccc(S(=O)(=O)Cl)cc3)nc(C3CCC3)c2[nH]1. The van der Waals surface area contributed by atoms with Crippen molar-refractivity contribution >= 4 is 48.5 Å². The van der Waals surface area contributed by atoms with Gasteiger partial charge in [-0.1, -0.05) is 6.42 Å². The van der Waals surface area contributed by atoms with E-state index in [9.17, 15) is 8.42 Å². The van der Waals surface area contributed by atoms with Gasteiger partial charge in [0.2, 0.25) is 5.95 Å². The van der Waals surface area contributed by atoms with Crippen molar-refractivity contribution in [2.45, 2.75) is 30.1 Å². The Balaban J connectivity index is 1.69. The average molecular weight is 379 g/mol. The van der Waals surface area contributed by atoms with Crippen molar-refractivity contribution in [2.75, 3.05) is 11.1 Å². The second-order valence-electron chi connectivity index (χ2n) is 5.97. The Hall–Kier alpha value is -2.39. The first-order valence-corrected chi connectivity index (χ1v) is 10.1. The zero-order valence-corrected chi connectivity index (χ0v) is 14.6. The highest BCUT2D eigenvalue weighted by Crippen LogP contribution is 2.38. The van der Waals surface area contributed by atoms with Crippen molar-refractivity contribution in [3.8, 4) is 0 Å². The molecule has 1 aliphatic carbocycles. The Morgan fingerprint density at radius 2 is 1.88 bits per heavy atom. The van der Waals surface area contributed by atoms with Crippen LogP contribution in [0.3, 0.4) is 0 Å². The molecule has 0 bridgehead atoms. The third-order valence-corrected chi connectivity index (χ3v) is 5.65. The van der Waals surface area contributed by atoms with Gasteiger partial charge in [-0.15, -0.1) is 0 Å². The van der Waals surface area contributed by atoms with Crippen LogP contribution in [-0.2, 0) is 9.05 Å². The standard InChI is InChI=1S/C15H15ClN6O2S/c16-25(23,24)10-6-4-9(5-7-10)18-15-20-11(8-2-1-3-8)12-13(22-15)21-14(17)19-12/h4-8H,1-3H2,(H4,17,18,19,20,21,22). The van der Waals surface area contributed by atoms with Crippen molar-refractivity contribution in [3.63, 3.8) is 0 Å². The van der Waals surface area contributed by atoms with E-state index in [2.05, 4.69) is 25.3 Å². The molecular formula is C15H15ClN6O2S. The second-order valence-corrected chi connectivity index (χ2v) is 8.53. The van der Waals surface area contributed by atoms with Crippen LogP contribution in [0.15, 0.2) is 29.2 Å². The minimum absolute atomic E-state index is 0.0336. The summed E-state index contributed by atoms with van der Waals surface area (Å²) in [7, 11) is 1.57. The van der Waals surface area contributed by atoms with Gasteiger partial charge in [0.15, 0.2) is 11.6 Å². The van der Waals surface area contributed by atoms with Crippen LogP contribution in [0, 0.1) is 0 Å². The first-order valence-electron chi connectivity index (χ1n) is 7.75. The lowest BCUT2D eigenvalue weighted by Gasteiger charge is -2.25. The molecule has 0 atom stereocenters. The number of anilines is 3. The van der Waals surface area contributed by atoms with E-state index in [1.807, 2.05) is 0 Å². The molecule has 4 rings (SSSR count). The zero-order valence-electron chi connectivity index (χ0n) is 13.0. The van der Waals surface area contributed by atoms with E-state index in [-0.39, 0.29) is 4.90 Å². The highest BCUT2D eigenvalue weighted by atomic mass is 35.7. The number of fused-ring (bicyclic) bond motifs is 1. The van der Waals surface area contributed by atoms with Gasteiger partial charge in [0.1, 0.15) is 5.52 Å². The molecular weight excluding hydrogens is 364 g/mol. The molecule has 0 spiro atoms. The Bertz CT molecular complexity index is 1040. The van der Waals surface area contributed by atoms with Crippen molar-refractivity contribution < 1.29 is 8.42 Å². The zero-order chi connectivity index (χ0) is 17.6. The number of aromatic nitrogens is 4. The summed E-state index contributed by atoms with van der Waals surface area (Å²) in [5.41, 5.74) is 8.59. The lowest BCUT2D eigenvalue weighted by molar-refractivity contribution is 0.413. The predicted octanol–water partition coefficient (Wildman–Crippen LogP) is 2.87. The first-order chi connectivity index (χ1) is 11.9. The van der Waals surface area contributed by atoms with Crippen LogP contribution in [0.2, 0.25) is 0 Å². The Kier molecular flexibility index (Phi) is 3.77. The maximum Gasteiger partial charge on any atom is 0.261 e. The number of nitrogens with one attached hydrogen (secondary N) is 2. The molecule has 0 unspecified atom stereocenters. The summed E-state index contributed by atoms with van der Waals surface area (Å²) >= 11 is 0. The molecule has 8 nitrogen and oxygen atoms in total. The summed E-state index contributed by atoms with van der Waals surface area (Å²) in [6, 6.07) is 6.04. The summed E-state index contributed by atoms with van der Waals surface area (Å²) in [4.78, 5) is 16.2. The summed E-state index contributed by atoms with van der Waals surface area (Å²) in [5, 5.41) is 3.07. The molecule has 2 aromatic heterocycles. The molecule has 10 heteroatoms. The average Bonchev–Trinajstić information content (AvgIpc) is 2.85. The van der Waals surface area contributed by atoms with Crippen molar-refractivity contribution in [3.05, 3.63) is 30.0 Å². The number of hydrogen-bond donors (Lipinski definition) is 3. The van der Waals surface area contributed by atoms with E-state index >= 15 is 0 Å². The predicted molar refractivity (Wildman–Crippen MR) is 95.5 cm³/mol. The number of hydrogen-bond acceptors (Lipinski definition) is 7. The number of H-pyrrole nitrogens is 1. The van der Waals surface area contributed by atoms with Gasteiger partial charge < -0.3 is 16.0 Å². The highest BCUT2D eigenvalue weighted by Gasteiger charge is 2.25. The molecule has 1 aliphatic rings. The van der Waals surface area contributed by atoms with Crippen molar-refractivity contribution in [2.24, 2.45) is 0 Å². The van der Waals surface area contributed by atoms with Gasteiger partial charge in [-0.25, -0.2) is 13.4 Å². The van der Waals surface area contributed by atoms with E-state index in [1.54, 1.807) is 12.1 Å². The highest BCUT2D eigenvalue weighted by molar-refractivity contribution is 8.13. The number of aromatic amines is 1. The first kappa shape index (κ1) is 16.1. The number of nitrogens with two attached hydrogens (primary N) is 1. The third-order valence-electron chi connectivity index (χ3n) is 4.28. The fourth-order valence-corrected chi connectivity index (χ4v) is 3.57. The Morgan fingerprint density at radius 1 is 1.16 bits per heavy atom. The molecule has 0 radical (unpaired) electrons. The molecule has 0 saturated heterocycles. The van der Waals surface area contributed by atoms with Gasteiger partial charge in [0.05, 0.1) is 10.6 Å². The lowest BCUT2D eigenvalue weighted by Crippen LogP contribution is -2.13. The van der Waals surface area contributed by atoms with Crippen LogP contribution in [0.25, 0.3) is 11.2 Å². The van der Waals surface area contributed by atoms with Gasteiger partial charge in [-0.3, -0.25) is 0 Å². The number of nitrogen functional groups attached to an aromatic ring is 1. The molecule has 2 heterocycles. The normalized spacial score (nSPS) is 15.2. The smallest absolute Gasteiger partial charge is 0.261 e. The number of nitrogens with zero attached hydrogens (tertiary/aromatic N) is 3. The minimum atomic E-state index is -3.75. The molecule has 25 heavy (non-hydrogen) atoms. The summed E-state index contributed by atoms with van der Waals surface area (Å²) in [6.07, 6.45) is 3.33. The summed E-state index contributed by atoms with van der Waals surface area (Å²) in [6.45, 7) is 0. The molecule has 130 valence electrons. The van der Waals surface area contributed by atoms with Crippen LogP contribution in [0.1, 0.15) is 30.9 Å². The van der Waals surface area contributed by atoms with Crippen LogP contribution in [-0.4, -0.2) is 28.4 Å². The van der Waals surface area contributed by atoms with Crippen LogP contribution >= 0.6 is 10.7 Å². The van der Waals surface area contributed by atoms with Crippen molar-refractivity contribution in [1.29, 1.82) is 0 Å². The van der Waals surface area contributed by atoms with Gasteiger partial charge in [0.25, 0.3) is 9.05 Å². The van der Waals surface area contributed by atoms with E-state index in [1.165, 1.54) is 18.6 Å². The molecule has 3 aromatic rings. The molecule has 0 aliphatic heterocycles. The fraction of sp³-hybridized carbons (Fsp3) is 0.267. The third kappa shape index (κ3) is 3.12. The van der Waals surface area contributed by atoms with E-state index in [4.69, 9.17) is 16.4 Å². The molecule has 1 fully saturated rings. The summed E-state index contributed by atoms with van der Waals surface area (Å²) in [5.74, 6) is 1.07. The topological polar surface area (TPSA) is 127 Å². The summed E-state index contributed by atoms with van der Waals surface area (Å²) < 4.78 is 22.6. The van der Waals surface area contributed by atoms with E-state index in [0.717, 1.165) is 24.1 Å². The maximum atomic E-state index is 11.3. The Morgan fingerprint density at radius 3 is 2.48 bits per heavy atom. The molecule has 0 amide bonds. The fourth-order valence-electron chi connectivity index (χ4n) is 2.80. The quantitative estimate of drug-likeness (QED) is 0.595. The number of imidazole rings is 1. The molecule has 1 aromatic carbocycles. The lowest BCUT2D eigenvalue weighted by atomic mass is 9.82. The number of halogens is 1. The van der Waals surface area contributed by atoms with Gasteiger partial charge in [-0.2, -0.15) is 9.97 Å². The van der Waals surface area contributed by atoms with E-state index < -0.39 is 9.05 Å². The van der Waals surface area contributed by atoms with Crippen LogP contribution in [0.4, 0.5) is 17.6 Å². The van der Waals surface area contributed by atoms with Gasteiger partial charge >= 0.3 is 0 Å². The van der Waals surface area contributed by atoms with E-state index in [0.29, 0.717) is 29.1 Å². The van der Waals surface area contributed by atoms with Gasteiger partial charge in [0, 0.05) is 22.3 Å². The van der Waals surface area contributed by atoms with Crippen LogP contribution in [0.5, 0.6) is 0 Å². The number of benzene rings is 1. The van der Waals surface area contributed by atoms with Crippen LogP contribution < -0.4 is 11.1 Å². The number of rotatable bonds is 4. The molecule has 4 N–H and O–H groups in total.